The average molecular weight is 392 g/mol. The molecule has 0 aliphatic rings. The first-order valence-electron chi connectivity index (χ1n) is 8.27. The third-order valence-corrected chi connectivity index (χ3v) is 4.74. The summed E-state index contributed by atoms with van der Waals surface area (Å²) in [6.45, 7) is 1.50. The van der Waals surface area contributed by atoms with Crippen LogP contribution in [0.2, 0.25) is 0 Å². The van der Waals surface area contributed by atoms with E-state index < -0.39 is 0 Å². The van der Waals surface area contributed by atoms with Crippen molar-refractivity contribution in [2.24, 2.45) is 0 Å². The molecule has 0 unspecified atom stereocenters. The zero-order valence-corrected chi connectivity index (χ0v) is 15.3. The van der Waals surface area contributed by atoms with Crippen LogP contribution in [0.5, 0.6) is 0 Å². The number of halogens is 1. The van der Waals surface area contributed by atoms with Crippen LogP contribution in [0.3, 0.4) is 0 Å². The Morgan fingerprint density at radius 2 is 1.56 bits per heavy atom. The Bertz CT molecular complexity index is 975. The summed E-state index contributed by atoms with van der Waals surface area (Å²) < 4.78 is 3.37. The van der Waals surface area contributed by atoms with Crippen LogP contribution in [-0.4, -0.2) is 9.55 Å². The molecule has 0 fully saturated rings. The van der Waals surface area contributed by atoms with E-state index in [4.69, 9.17) is 4.98 Å². The lowest BCUT2D eigenvalue weighted by atomic mass is 10.2. The lowest BCUT2D eigenvalue weighted by molar-refractivity contribution is 0.756. The molecule has 4 heteroatoms. The van der Waals surface area contributed by atoms with E-state index in [1.807, 2.05) is 24.3 Å². The van der Waals surface area contributed by atoms with Gasteiger partial charge in [0, 0.05) is 16.7 Å². The number of nitrogens with zero attached hydrogens (tertiary/aromatic N) is 2. The molecule has 124 valence electrons. The molecule has 0 spiro atoms. The first-order valence-corrected chi connectivity index (χ1v) is 9.06. The van der Waals surface area contributed by atoms with Gasteiger partial charge in [-0.3, -0.25) is 0 Å². The number of aromatic nitrogens is 2. The Balaban J connectivity index is 1.65. The highest BCUT2D eigenvalue weighted by Gasteiger charge is 2.10. The van der Waals surface area contributed by atoms with Crippen LogP contribution in [0.15, 0.2) is 83.3 Å². The third-order valence-electron chi connectivity index (χ3n) is 4.21. The number of hydrogen-bond donors (Lipinski definition) is 1. The molecule has 4 rings (SSSR count). The van der Waals surface area contributed by atoms with Crippen LogP contribution in [0.25, 0.3) is 11.0 Å². The van der Waals surface area contributed by atoms with E-state index in [0.29, 0.717) is 6.54 Å². The fourth-order valence-corrected chi connectivity index (χ4v) is 3.22. The fourth-order valence-electron chi connectivity index (χ4n) is 2.95. The molecule has 0 radical (unpaired) electrons. The minimum Gasteiger partial charge on any atom is -0.378 e. The van der Waals surface area contributed by atoms with Crippen molar-refractivity contribution >= 4 is 32.7 Å². The van der Waals surface area contributed by atoms with E-state index in [1.54, 1.807) is 0 Å². The number of anilines is 1. The molecule has 1 aromatic heterocycles. The summed E-state index contributed by atoms with van der Waals surface area (Å²) in [7, 11) is 0. The second-order valence-electron chi connectivity index (χ2n) is 5.95. The molecule has 25 heavy (non-hydrogen) atoms. The van der Waals surface area contributed by atoms with Crippen LogP contribution >= 0.6 is 15.9 Å². The Kier molecular flexibility index (Phi) is 4.53. The van der Waals surface area contributed by atoms with Crippen molar-refractivity contribution in [1.82, 2.24) is 9.55 Å². The molecule has 0 aliphatic carbocycles. The van der Waals surface area contributed by atoms with Gasteiger partial charge in [-0.2, -0.15) is 0 Å². The van der Waals surface area contributed by atoms with Crippen molar-refractivity contribution in [3.63, 3.8) is 0 Å². The summed E-state index contributed by atoms with van der Waals surface area (Å²) in [5.74, 6) is 1.04. The van der Waals surface area contributed by atoms with Crippen LogP contribution < -0.4 is 5.32 Å². The molecule has 3 nitrogen and oxygen atoms in total. The standard InChI is InChI=1S/C21H18BrN3/c22-17-10-12-18(13-11-17)23-14-21-24-19-8-4-5-9-20(19)25(21)15-16-6-2-1-3-7-16/h1-13,23H,14-15H2. The number of para-hydroxylation sites is 2. The highest BCUT2D eigenvalue weighted by Crippen LogP contribution is 2.20. The molecular weight excluding hydrogens is 374 g/mol. The highest BCUT2D eigenvalue weighted by molar-refractivity contribution is 9.10. The van der Waals surface area contributed by atoms with Crippen molar-refractivity contribution in [3.05, 3.63) is 94.7 Å². The minimum absolute atomic E-state index is 0.684. The monoisotopic (exact) mass is 391 g/mol. The predicted octanol–water partition coefficient (Wildman–Crippen LogP) is 5.46. The van der Waals surface area contributed by atoms with Gasteiger partial charge in [-0.25, -0.2) is 4.98 Å². The zero-order valence-electron chi connectivity index (χ0n) is 13.7. The van der Waals surface area contributed by atoms with Crippen molar-refractivity contribution in [1.29, 1.82) is 0 Å². The van der Waals surface area contributed by atoms with Gasteiger partial charge in [-0.15, -0.1) is 0 Å². The van der Waals surface area contributed by atoms with Crippen molar-refractivity contribution < 1.29 is 0 Å². The van der Waals surface area contributed by atoms with Crippen LogP contribution in [0.1, 0.15) is 11.4 Å². The van der Waals surface area contributed by atoms with Crippen molar-refractivity contribution in [3.8, 4) is 0 Å². The Morgan fingerprint density at radius 3 is 2.36 bits per heavy atom. The Labute approximate surface area is 155 Å². The van der Waals surface area contributed by atoms with Crippen LogP contribution in [-0.2, 0) is 13.1 Å². The van der Waals surface area contributed by atoms with E-state index in [-0.39, 0.29) is 0 Å². The van der Waals surface area contributed by atoms with Crippen LogP contribution in [0.4, 0.5) is 5.69 Å². The second-order valence-corrected chi connectivity index (χ2v) is 6.86. The zero-order chi connectivity index (χ0) is 17.1. The lowest BCUT2D eigenvalue weighted by Crippen LogP contribution is -2.09. The first kappa shape index (κ1) is 15.9. The van der Waals surface area contributed by atoms with Gasteiger partial charge >= 0.3 is 0 Å². The second kappa shape index (κ2) is 7.11. The molecule has 4 aromatic rings. The van der Waals surface area contributed by atoms with Crippen molar-refractivity contribution in [2.75, 3.05) is 5.32 Å². The minimum atomic E-state index is 0.684. The van der Waals surface area contributed by atoms with E-state index >= 15 is 0 Å². The molecule has 0 amide bonds. The number of rotatable bonds is 5. The van der Waals surface area contributed by atoms with Gasteiger partial charge in [-0.05, 0) is 42.0 Å². The molecule has 0 aliphatic heterocycles. The maximum Gasteiger partial charge on any atom is 0.129 e. The number of hydrogen-bond acceptors (Lipinski definition) is 2. The first-order chi connectivity index (χ1) is 12.3. The predicted molar refractivity (Wildman–Crippen MR) is 107 cm³/mol. The number of fused-ring (bicyclic) bond motifs is 1. The highest BCUT2D eigenvalue weighted by atomic mass is 79.9. The summed E-state index contributed by atoms with van der Waals surface area (Å²) in [5, 5.41) is 3.47. The van der Waals surface area contributed by atoms with Crippen molar-refractivity contribution in [2.45, 2.75) is 13.1 Å². The van der Waals surface area contributed by atoms with Gasteiger partial charge in [0.2, 0.25) is 0 Å². The van der Waals surface area contributed by atoms with E-state index in [9.17, 15) is 0 Å². The molecule has 0 saturated carbocycles. The van der Waals surface area contributed by atoms with Gasteiger partial charge in [0.25, 0.3) is 0 Å². The summed E-state index contributed by atoms with van der Waals surface area (Å²) in [6.07, 6.45) is 0. The van der Waals surface area contributed by atoms with Crippen LogP contribution in [0, 0.1) is 0 Å². The lowest BCUT2D eigenvalue weighted by Gasteiger charge is -2.11. The molecule has 0 saturated heterocycles. The topological polar surface area (TPSA) is 29.9 Å². The normalized spacial score (nSPS) is 10.9. The van der Waals surface area contributed by atoms with Gasteiger partial charge in [0.15, 0.2) is 0 Å². The summed E-state index contributed by atoms with van der Waals surface area (Å²) in [6, 6.07) is 27.0. The SMILES string of the molecule is Brc1ccc(NCc2nc3ccccc3n2Cc2ccccc2)cc1. The van der Waals surface area contributed by atoms with Gasteiger partial charge in [0.1, 0.15) is 5.82 Å². The Hall–Kier alpha value is -2.59. The number of nitrogens with one attached hydrogen (secondary N) is 1. The molecular formula is C21H18BrN3. The fraction of sp³-hybridized carbons (Fsp3) is 0.0952. The molecule has 1 heterocycles. The summed E-state index contributed by atoms with van der Waals surface area (Å²) in [4.78, 5) is 4.83. The molecule has 0 atom stereocenters. The third kappa shape index (κ3) is 3.59. The molecule has 0 bridgehead atoms. The Morgan fingerprint density at radius 1 is 0.840 bits per heavy atom. The van der Waals surface area contributed by atoms with E-state index in [2.05, 4.69) is 80.4 Å². The summed E-state index contributed by atoms with van der Waals surface area (Å²) >= 11 is 3.47. The van der Waals surface area contributed by atoms with Gasteiger partial charge in [-0.1, -0.05) is 58.4 Å². The number of imidazole rings is 1. The maximum absolute atomic E-state index is 4.83. The van der Waals surface area contributed by atoms with Gasteiger partial charge < -0.3 is 9.88 Å². The average Bonchev–Trinajstić information content (AvgIpc) is 3.00. The smallest absolute Gasteiger partial charge is 0.129 e. The largest absolute Gasteiger partial charge is 0.378 e. The molecule has 1 N–H and O–H groups in total. The summed E-state index contributed by atoms with van der Waals surface area (Å²) in [5.41, 5.74) is 4.56. The van der Waals surface area contributed by atoms with Gasteiger partial charge in [0.05, 0.1) is 17.6 Å². The maximum atomic E-state index is 4.83. The molecule has 3 aromatic carbocycles. The van der Waals surface area contributed by atoms with E-state index in [0.717, 1.165) is 28.0 Å². The number of benzene rings is 3. The van der Waals surface area contributed by atoms with E-state index in [1.165, 1.54) is 11.1 Å². The quantitative estimate of drug-likeness (QED) is 0.489.